The minimum atomic E-state index is -0.131. The summed E-state index contributed by atoms with van der Waals surface area (Å²) in [5.74, 6) is 1.14. The fourth-order valence-electron chi connectivity index (χ4n) is 4.49. The maximum Gasteiger partial charge on any atom is 0.289 e. The first kappa shape index (κ1) is 19.1. The van der Waals surface area contributed by atoms with Gasteiger partial charge in [-0.2, -0.15) is 0 Å². The van der Waals surface area contributed by atoms with Crippen molar-refractivity contribution in [2.24, 2.45) is 5.92 Å². The Morgan fingerprint density at radius 1 is 1.14 bits per heavy atom. The van der Waals surface area contributed by atoms with Crippen LogP contribution >= 0.6 is 0 Å². The molecule has 4 rings (SSSR count). The molecule has 1 unspecified atom stereocenters. The Labute approximate surface area is 166 Å². The minimum absolute atomic E-state index is 0.131. The molecule has 1 aliphatic heterocycles. The van der Waals surface area contributed by atoms with E-state index in [4.69, 9.17) is 4.52 Å². The van der Waals surface area contributed by atoms with Crippen molar-refractivity contribution in [1.29, 1.82) is 0 Å². The van der Waals surface area contributed by atoms with Crippen LogP contribution in [0.25, 0.3) is 0 Å². The maximum absolute atomic E-state index is 12.4. The monoisotopic (exact) mass is 382 g/mol. The molecule has 1 N–H and O–H groups in total. The summed E-state index contributed by atoms with van der Waals surface area (Å²) in [5, 5.41) is 7.26. The number of nitrogens with one attached hydrogen (secondary N) is 1. The molecule has 1 saturated carbocycles. The SMILES string of the molecule is O=C(NCC1CCCCC1)c1cc(C2CCCN(Cc3ccncc3)C2)no1. The summed E-state index contributed by atoms with van der Waals surface area (Å²) in [7, 11) is 0. The minimum Gasteiger partial charge on any atom is -0.351 e. The van der Waals surface area contributed by atoms with Crippen LogP contribution in [0.1, 0.15) is 72.7 Å². The normalized spacial score (nSPS) is 21.5. The number of rotatable bonds is 6. The van der Waals surface area contributed by atoms with Crippen molar-refractivity contribution < 1.29 is 9.32 Å². The molecule has 2 aromatic heterocycles. The molecule has 1 atom stereocenters. The van der Waals surface area contributed by atoms with Crippen LogP contribution in [0.5, 0.6) is 0 Å². The van der Waals surface area contributed by atoms with E-state index in [1.807, 2.05) is 18.5 Å². The molecule has 2 aromatic rings. The number of carbonyl (C=O) groups excluding carboxylic acids is 1. The summed E-state index contributed by atoms with van der Waals surface area (Å²) in [6.07, 6.45) is 12.2. The highest BCUT2D eigenvalue weighted by Gasteiger charge is 2.25. The number of likely N-dealkylation sites (tertiary alicyclic amines) is 1. The average Bonchev–Trinajstić information content (AvgIpc) is 3.24. The zero-order chi connectivity index (χ0) is 19.2. The Kier molecular flexibility index (Phi) is 6.37. The van der Waals surface area contributed by atoms with Gasteiger partial charge in [0.1, 0.15) is 0 Å². The van der Waals surface area contributed by atoms with Gasteiger partial charge < -0.3 is 9.84 Å². The van der Waals surface area contributed by atoms with Gasteiger partial charge in [0.25, 0.3) is 5.91 Å². The Balaban J connectivity index is 1.30. The van der Waals surface area contributed by atoms with E-state index in [2.05, 4.69) is 32.5 Å². The molecule has 0 bridgehead atoms. The first-order valence-corrected chi connectivity index (χ1v) is 10.6. The van der Waals surface area contributed by atoms with Gasteiger partial charge in [0.05, 0.1) is 5.69 Å². The molecule has 2 fully saturated rings. The second kappa shape index (κ2) is 9.32. The van der Waals surface area contributed by atoms with Crippen molar-refractivity contribution in [3.05, 3.63) is 47.6 Å². The lowest BCUT2D eigenvalue weighted by Gasteiger charge is -2.31. The summed E-state index contributed by atoms with van der Waals surface area (Å²) in [6, 6.07) is 5.97. The maximum atomic E-state index is 12.4. The summed E-state index contributed by atoms with van der Waals surface area (Å²) >= 11 is 0. The van der Waals surface area contributed by atoms with Crippen molar-refractivity contribution >= 4 is 5.91 Å². The van der Waals surface area contributed by atoms with Crippen LogP contribution in [0.15, 0.2) is 35.1 Å². The fraction of sp³-hybridized carbons (Fsp3) is 0.591. The number of amides is 1. The number of nitrogens with zero attached hydrogens (tertiary/aromatic N) is 3. The van der Waals surface area contributed by atoms with Crippen molar-refractivity contribution in [2.45, 2.75) is 57.4 Å². The quantitative estimate of drug-likeness (QED) is 0.824. The van der Waals surface area contributed by atoms with Crippen LogP contribution in [0, 0.1) is 5.92 Å². The van der Waals surface area contributed by atoms with Crippen LogP contribution < -0.4 is 5.32 Å². The fourth-order valence-corrected chi connectivity index (χ4v) is 4.49. The Morgan fingerprint density at radius 3 is 2.79 bits per heavy atom. The van der Waals surface area contributed by atoms with Crippen LogP contribution in [0.4, 0.5) is 0 Å². The molecule has 0 aromatic carbocycles. The first-order chi connectivity index (χ1) is 13.8. The van der Waals surface area contributed by atoms with Gasteiger partial charge in [-0.3, -0.25) is 14.7 Å². The van der Waals surface area contributed by atoms with E-state index in [1.54, 1.807) is 0 Å². The number of hydrogen-bond donors (Lipinski definition) is 1. The van der Waals surface area contributed by atoms with Gasteiger partial charge in [-0.15, -0.1) is 0 Å². The highest BCUT2D eigenvalue weighted by atomic mass is 16.5. The predicted octanol–water partition coefficient (Wildman–Crippen LogP) is 3.76. The van der Waals surface area contributed by atoms with Crippen LogP contribution in [-0.4, -0.2) is 40.6 Å². The molecule has 1 saturated heterocycles. The molecule has 1 aliphatic carbocycles. The topological polar surface area (TPSA) is 71.3 Å². The van der Waals surface area contributed by atoms with E-state index in [1.165, 1.54) is 37.7 Å². The lowest BCUT2D eigenvalue weighted by atomic mass is 9.89. The summed E-state index contributed by atoms with van der Waals surface area (Å²) < 4.78 is 5.38. The van der Waals surface area contributed by atoms with Gasteiger partial charge in [-0.25, -0.2) is 0 Å². The molecule has 28 heavy (non-hydrogen) atoms. The van der Waals surface area contributed by atoms with Crippen molar-refractivity contribution in [3.63, 3.8) is 0 Å². The van der Waals surface area contributed by atoms with Crippen LogP contribution in [0.2, 0.25) is 0 Å². The second-order valence-corrected chi connectivity index (χ2v) is 8.26. The number of piperidine rings is 1. The molecule has 2 aliphatic rings. The molecule has 0 radical (unpaired) electrons. The van der Waals surface area contributed by atoms with Gasteiger partial charge in [-0.05, 0) is 55.8 Å². The van der Waals surface area contributed by atoms with Gasteiger partial charge in [0, 0.05) is 44.0 Å². The third-order valence-electron chi connectivity index (χ3n) is 6.11. The first-order valence-electron chi connectivity index (χ1n) is 10.6. The van der Waals surface area contributed by atoms with Gasteiger partial charge >= 0.3 is 0 Å². The molecular weight excluding hydrogens is 352 g/mol. The summed E-state index contributed by atoms with van der Waals surface area (Å²) in [6.45, 7) is 3.70. The summed E-state index contributed by atoms with van der Waals surface area (Å²) in [5.41, 5.74) is 2.18. The van der Waals surface area contributed by atoms with Crippen molar-refractivity contribution in [2.75, 3.05) is 19.6 Å². The molecule has 0 spiro atoms. The van der Waals surface area contributed by atoms with Crippen LogP contribution in [0.3, 0.4) is 0 Å². The largest absolute Gasteiger partial charge is 0.351 e. The number of pyridine rings is 1. The molecule has 1 amide bonds. The van der Waals surface area contributed by atoms with Gasteiger partial charge in [-0.1, -0.05) is 24.4 Å². The van der Waals surface area contributed by atoms with E-state index in [9.17, 15) is 4.79 Å². The Morgan fingerprint density at radius 2 is 1.96 bits per heavy atom. The Hall–Kier alpha value is -2.21. The summed E-state index contributed by atoms with van der Waals surface area (Å²) in [4.78, 5) is 19.0. The predicted molar refractivity (Wildman–Crippen MR) is 107 cm³/mol. The molecule has 150 valence electrons. The molecule has 6 heteroatoms. The van der Waals surface area contributed by atoms with E-state index in [0.717, 1.165) is 44.7 Å². The molecule has 6 nitrogen and oxygen atoms in total. The lowest BCUT2D eigenvalue weighted by molar-refractivity contribution is 0.0906. The molecule has 3 heterocycles. The average molecular weight is 383 g/mol. The van der Waals surface area contributed by atoms with E-state index < -0.39 is 0 Å². The second-order valence-electron chi connectivity index (χ2n) is 8.26. The number of hydrogen-bond acceptors (Lipinski definition) is 5. The van der Waals surface area contributed by atoms with Gasteiger partial charge in [0.15, 0.2) is 0 Å². The number of carbonyl (C=O) groups is 1. The Bertz CT molecular complexity index is 755. The third kappa shape index (κ3) is 4.98. The van der Waals surface area contributed by atoms with Crippen molar-refractivity contribution in [1.82, 2.24) is 20.4 Å². The molecular formula is C22H30N4O2. The lowest BCUT2D eigenvalue weighted by Crippen LogP contribution is -2.34. The zero-order valence-corrected chi connectivity index (χ0v) is 16.5. The van der Waals surface area contributed by atoms with Crippen molar-refractivity contribution in [3.8, 4) is 0 Å². The third-order valence-corrected chi connectivity index (χ3v) is 6.11. The number of aromatic nitrogens is 2. The smallest absolute Gasteiger partial charge is 0.289 e. The van der Waals surface area contributed by atoms with E-state index in [-0.39, 0.29) is 5.91 Å². The standard InChI is InChI=1S/C22H30N4O2/c27-22(24-14-17-5-2-1-3-6-17)21-13-20(25-28-21)19-7-4-12-26(16-19)15-18-8-10-23-11-9-18/h8-11,13,17,19H,1-7,12,14-16H2,(H,24,27). The van der Waals surface area contributed by atoms with Gasteiger partial charge in [0.2, 0.25) is 5.76 Å². The van der Waals surface area contributed by atoms with E-state index in [0.29, 0.717) is 17.6 Å². The van der Waals surface area contributed by atoms with Crippen LogP contribution in [-0.2, 0) is 6.54 Å². The highest BCUT2D eigenvalue weighted by molar-refractivity contribution is 5.91. The highest BCUT2D eigenvalue weighted by Crippen LogP contribution is 2.28. The van der Waals surface area contributed by atoms with E-state index >= 15 is 0 Å². The zero-order valence-electron chi connectivity index (χ0n) is 16.5.